The van der Waals surface area contributed by atoms with Crippen LogP contribution in [0, 0.1) is 0 Å². The smallest absolute Gasteiger partial charge is 0.0582 e. The Labute approximate surface area is 197 Å². The maximum Gasteiger partial charge on any atom is 0.0582 e. The molecule has 0 atom stereocenters. The molecule has 1 heterocycles. The SMILES string of the molecule is CC1(C)CCC(C)(C)c2cc3c(cc21)c1c2ccccc2c2ccccc2c1n3C(C)(C)C. The molecule has 0 N–H and O–H groups in total. The molecule has 0 saturated heterocycles. The number of hydrogen-bond donors (Lipinski definition) is 0. The van der Waals surface area contributed by atoms with Gasteiger partial charge in [-0.3, -0.25) is 0 Å². The predicted molar refractivity (Wildman–Crippen MR) is 145 cm³/mol. The third-order valence-corrected chi connectivity index (χ3v) is 8.28. The second-order valence-corrected chi connectivity index (χ2v) is 12.5. The average molecular weight is 434 g/mol. The van der Waals surface area contributed by atoms with Crippen LogP contribution in [-0.2, 0) is 16.4 Å². The van der Waals surface area contributed by atoms with Crippen molar-refractivity contribution in [2.75, 3.05) is 0 Å². The molecule has 1 aromatic heterocycles. The molecule has 6 rings (SSSR count). The lowest BCUT2D eigenvalue weighted by Gasteiger charge is -2.42. The van der Waals surface area contributed by atoms with Crippen molar-refractivity contribution in [1.82, 2.24) is 4.57 Å². The molecule has 1 nitrogen and oxygen atoms in total. The zero-order chi connectivity index (χ0) is 23.3. The highest BCUT2D eigenvalue weighted by Gasteiger charge is 2.38. The summed E-state index contributed by atoms with van der Waals surface area (Å²) >= 11 is 0. The zero-order valence-electron chi connectivity index (χ0n) is 21.1. The van der Waals surface area contributed by atoms with Gasteiger partial charge in [0, 0.05) is 27.2 Å². The molecule has 0 spiro atoms. The van der Waals surface area contributed by atoms with Crippen molar-refractivity contribution in [3.8, 4) is 0 Å². The third-order valence-electron chi connectivity index (χ3n) is 8.28. The van der Waals surface area contributed by atoms with Crippen molar-refractivity contribution < 1.29 is 0 Å². The molecule has 4 aromatic carbocycles. The Balaban J connectivity index is 1.96. The van der Waals surface area contributed by atoms with Gasteiger partial charge in [-0.2, -0.15) is 0 Å². The van der Waals surface area contributed by atoms with Crippen LogP contribution in [0.2, 0.25) is 0 Å². The zero-order valence-corrected chi connectivity index (χ0v) is 21.1. The predicted octanol–water partition coefficient (Wildman–Crippen LogP) is 9.20. The molecular weight excluding hydrogens is 398 g/mol. The largest absolute Gasteiger partial charge is 0.335 e. The molecule has 1 heteroatoms. The lowest BCUT2D eigenvalue weighted by molar-refractivity contribution is 0.332. The minimum Gasteiger partial charge on any atom is -0.335 e. The van der Waals surface area contributed by atoms with Gasteiger partial charge in [0.1, 0.15) is 0 Å². The molecular formula is C32H35N. The van der Waals surface area contributed by atoms with Gasteiger partial charge in [-0.15, -0.1) is 0 Å². The normalized spacial score (nSPS) is 17.8. The first-order valence-corrected chi connectivity index (χ1v) is 12.4. The molecule has 5 aromatic rings. The van der Waals surface area contributed by atoms with E-state index in [1.807, 2.05) is 0 Å². The number of hydrogen-bond acceptors (Lipinski definition) is 0. The fourth-order valence-electron chi connectivity index (χ4n) is 6.43. The van der Waals surface area contributed by atoms with E-state index in [0.29, 0.717) is 0 Å². The van der Waals surface area contributed by atoms with E-state index in [9.17, 15) is 0 Å². The summed E-state index contributed by atoms with van der Waals surface area (Å²) < 4.78 is 2.63. The van der Waals surface area contributed by atoms with E-state index in [1.54, 1.807) is 0 Å². The second-order valence-electron chi connectivity index (χ2n) is 12.5. The van der Waals surface area contributed by atoms with Gasteiger partial charge >= 0.3 is 0 Å². The van der Waals surface area contributed by atoms with Crippen LogP contribution in [0.15, 0.2) is 60.7 Å². The van der Waals surface area contributed by atoms with E-state index in [2.05, 4.69) is 114 Å². The van der Waals surface area contributed by atoms with E-state index in [4.69, 9.17) is 0 Å². The summed E-state index contributed by atoms with van der Waals surface area (Å²) in [7, 11) is 0. The van der Waals surface area contributed by atoms with Crippen LogP contribution < -0.4 is 0 Å². The lowest BCUT2D eigenvalue weighted by Crippen LogP contribution is -2.34. The van der Waals surface area contributed by atoms with Crippen molar-refractivity contribution in [1.29, 1.82) is 0 Å². The Morgan fingerprint density at radius 1 is 0.636 bits per heavy atom. The van der Waals surface area contributed by atoms with Crippen molar-refractivity contribution in [2.45, 2.75) is 77.7 Å². The Morgan fingerprint density at radius 2 is 1.12 bits per heavy atom. The molecule has 168 valence electrons. The first-order chi connectivity index (χ1) is 15.5. The van der Waals surface area contributed by atoms with Gasteiger partial charge < -0.3 is 4.57 Å². The van der Waals surface area contributed by atoms with Gasteiger partial charge in [-0.05, 0) is 83.9 Å². The quantitative estimate of drug-likeness (QED) is 0.214. The molecule has 0 saturated carbocycles. The Bertz CT molecular complexity index is 1580. The summed E-state index contributed by atoms with van der Waals surface area (Å²) in [5.41, 5.74) is 6.19. The average Bonchev–Trinajstić information content (AvgIpc) is 3.12. The summed E-state index contributed by atoms with van der Waals surface area (Å²) in [5.74, 6) is 0. The summed E-state index contributed by atoms with van der Waals surface area (Å²) in [6.07, 6.45) is 2.47. The molecule has 1 aliphatic rings. The molecule has 0 aliphatic heterocycles. The van der Waals surface area contributed by atoms with Gasteiger partial charge in [0.05, 0.1) is 5.52 Å². The topological polar surface area (TPSA) is 4.93 Å². The van der Waals surface area contributed by atoms with Crippen LogP contribution in [0.4, 0.5) is 0 Å². The van der Waals surface area contributed by atoms with Crippen LogP contribution in [0.3, 0.4) is 0 Å². The molecule has 0 unspecified atom stereocenters. The maximum absolute atomic E-state index is 2.63. The van der Waals surface area contributed by atoms with Crippen molar-refractivity contribution in [3.63, 3.8) is 0 Å². The first-order valence-electron chi connectivity index (χ1n) is 12.4. The summed E-state index contributed by atoms with van der Waals surface area (Å²) in [6.45, 7) is 16.8. The van der Waals surface area contributed by atoms with Crippen molar-refractivity contribution >= 4 is 43.4 Å². The van der Waals surface area contributed by atoms with Gasteiger partial charge in [-0.25, -0.2) is 0 Å². The molecule has 1 aliphatic carbocycles. The van der Waals surface area contributed by atoms with E-state index < -0.39 is 0 Å². The van der Waals surface area contributed by atoms with E-state index in [-0.39, 0.29) is 16.4 Å². The highest BCUT2D eigenvalue weighted by molar-refractivity contribution is 6.31. The van der Waals surface area contributed by atoms with Crippen molar-refractivity contribution in [2.24, 2.45) is 0 Å². The molecule has 0 fully saturated rings. The second kappa shape index (κ2) is 6.41. The molecule has 0 amide bonds. The standard InChI is InChI=1S/C32H35N/c1-30(2,3)33-27-19-26-25(31(4,5)16-17-32(26,6)7)18-24(27)28-22-14-10-8-12-20(22)21-13-9-11-15-23(21)29(28)33/h8-15,18-19H,16-17H2,1-7H3. The van der Waals surface area contributed by atoms with Crippen LogP contribution >= 0.6 is 0 Å². The van der Waals surface area contributed by atoms with Gasteiger partial charge in [0.2, 0.25) is 0 Å². The number of benzene rings is 4. The number of nitrogens with zero attached hydrogens (tertiary/aromatic N) is 1. The summed E-state index contributed by atoms with van der Waals surface area (Å²) in [5, 5.41) is 8.24. The van der Waals surface area contributed by atoms with E-state index in [1.165, 1.54) is 67.3 Å². The maximum atomic E-state index is 2.63. The summed E-state index contributed by atoms with van der Waals surface area (Å²) in [4.78, 5) is 0. The van der Waals surface area contributed by atoms with Gasteiger partial charge in [0.15, 0.2) is 0 Å². The van der Waals surface area contributed by atoms with Gasteiger partial charge in [0.25, 0.3) is 0 Å². The fraction of sp³-hybridized carbons (Fsp3) is 0.375. The number of rotatable bonds is 0. The van der Waals surface area contributed by atoms with E-state index >= 15 is 0 Å². The Kier molecular flexibility index (Phi) is 4.04. The molecule has 0 bridgehead atoms. The van der Waals surface area contributed by atoms with Crippen LogP contribution in [0.5, 0.6) is 0 Å². The lowest BCUT2D eigenvalue weighted by atomic mass is 9.63. The van der Waals surface area contributed by atoms with Gasteiger partial charge in [-0.1, -0.05) is 76.2 Å². The Morgan fingerprint density at radius 3 is 1.70 bits per heavy atom. The highest BCUT2D eigenvalue weighted by Crippen LogP contribution is 2.50. The summed E-state index contributed by atoms with van der Waals surface area (Å²) in [6, 6.07) is 23.1. The highest BCUT2D eigenvalue weighted by atomic mass is 15.0. The monoisotopic (exact) mass is 433 g/mol. The molecule has 0 radical (unpaired) electrons. The first kappa shape index (κ1) is 20.8. The van der Waals surface area contributed by atoms with E-state index in [0.717, 1.165) is 0 Å². The minimum atomic E-state index is -0.0339. The number of aromatic nitrogens is 1. The molecule has 33 heavy (non-hydrogen) atoms. The number of fused-ring (bicyclic) bond motifs is 9. The van der Waals surface area contributed by atoms with Crippen molar-refractivity contribution in [3.05, 3.63) is 71.8 Å². The third kappa shape index (κ3) is 2.78. The fourth-order valence-corrected chi connectivity index (χ4v) is 6.43. The Hall–Kier alpha value is -2.80. The van der Waals surface area contributed by atoms with Crippen LogP contribution in [-0.4, -0.2) is 4.57 Å². The van der Waals surface area contributed by atoms with Crippen LogP contribution in [0.1, 0.15) is 72.4 Å². The van der Waals surface area contributed by atoms with Crippen LogP contribution in [0.25, 0.3) is 43.4 Å². The minimum absolute atomic E-state index is 0.0339.